The minimum absolute atomic E-state index is 0.00292. The van der Waals surface area contributed by atoms with Crippen molar-refractivity contribution in [3.05, 3.63) is 0 Å². The number of amides is 1. The van der Waals surface area contributed by atoms with E-state index in [9.17, 15) is 9.59 Å². The first kappa shape index (κ1) is 8.94. The molecular formula is C6H11NO3. The summed E-state index contributed by atoms with van der Waals surface area (Å²) in [5.74, 6) is -1.50. The number of hydrogen-bond donors (Lipinski definition) is 2. The highest BCUT2D eigenvalue weighted by Gasteiger charge is 2.09. The Balaban J connectivity index is 3.53. The number of carbonyl (C=O) groups excluding carboxylic acids is 1. The molecular weight excluding hydrogens is 134 g/mol. The molecule has 3 N–H and O–H groups in total. The molecule has 4 heteroatoms. The van der Waals surface area contributed by atoms with Gasteiger partial charge in [-0.05, 0) is 5.92 Å². The van der Waals surface area contributed by atoms with Crippen molar-refractivity contribution in [2.75, 3.05) is 0 Å². The van der Waals surface area contributed by atoms with Crippen LogP contribution in [0.4, 0.5) is 0 Å². The molecule has 1 unspecified atom stereocenters. The van der Waals surface area contributed by atoms with E-state index in [0.29, 0.717) is 0 Å². The molecule has 10 heavy (non-hydrogen) atoms. The van der Waals surface area contributed by atoms with E-state index in [1.807, 2.05) is 0 Å². The standard InChI is InChI=1S/C6H11NO3/c1-4(2-5(7)8)3-6(9)10/h4H,2-3H2,1H3,(H2,7,8)(H,9,10). The van der Waals surface area contributed by atoms with Crippen LogP contribution in [-0.4, -0.2) is 17.0 Å². The molecule has 0 aromatic carbocycles. The zero-order chi connectivity index (χ0) is 8.15. The smallest absolute Gasteiger partial charge is 0.303 e. The van der Waals surface area contributed by atoms with Gasteiger partial charge in [0.25, 0.3) is 0 Å². The normalized spacial score (nSPS) is 12.5. The number of nitrogens with two attached hydrogens (primary N) is 1. The molecule has 0 aliphatic carbocycles. The van der Waals surface area contributed by atoms with Crippen molar-refractivity contribution in [2.24, 2.45) is 11.7 Å². The van der Waals surface area contributed by atoms with Gasteiger partial charge in [0.15, 0.2) is 0 Å². The summed E-state index contributed by atoms with van der Waals surface area (Å²) in [5.41, 5.74) is 4.84. The van der Waals surface area contributed by atoms with E-state index in [4.69, 9.17) is 10.8 Å². The molecule has 0 aromatic heterocycles. The second kappa shape index (κ2) is 3.87. The van der Waals surface area contributed by atoms with Crippen molar-refractivity contribution < 1.29 is 14.7 Å². The van der Waals surface area contributed by atoms with E-state index in [-0.39, 0.29) is 18.8 Å². The lowest BCUT2D eigenvalue weighted by molar-refractivity contribution is -0.138. The van der Waals surface area contributed by atoms with Crippen LogP contribution in [0.1, 0.15) is 19.8 Å². The monoisotopic (exact) mass is 145 g/mol. The van der Waals surface area contributed by atoms with Gasteiger partial charge in [0, 0.05) is 12.8 Å². The first-order valence-corrected chi connectivity index (χ1v) is 3.02. The van der Waals surface area contributed by atoms with Gasteiger partial charge in [-0.25, -0.2) is 0 Å². The molecule has 0 saturated carbocycles. The lowest BCUT2D eigenvalue weighted by atomic mass is 10.0. The summed E-state index contributed by atoms with van der Waals surface area (Å²) in [6.45, 7) is 1.68. The van der Waals surface area contributed by atoms with Crippen LogP contribution in [0, 0.1) is 5.92 Å². The molecule has 0 aliphatic heterocycles. The molecule has 58 valence electrons. The predicted octanol–water partition coefficient (Wildman–Crippen LogP) is -0.0274. The van der Waals surface area contributed by atoms with Crippen LogP contribution in [0.2, 0.25) is 0 Å². The Labute approximate surface area is 59.0 Å². The zero-order valence-electron chi connectivity index (χ0n) is 5.83. The Morgan fingerprint density at radius 1 is 1.50 bits per heavy atom. The van der Waals surface area contributed by atoms with Crippen molar-refractivity contribution in [3.8, 4) is 0 Å². The van der Waals surface area contributed by atoms with Gasteiger partial charge in [-0.15, -0.1) is 0 Å². The third-order valence-corrected chi connectivity index (χ3v) is 1.07. The van der Waals surface area contributed by atoms with Crippen LogP contribution in [0.5, 0.6) is 0 Å². The van der Waals surface area contributed by atoms with Crippen molar-refractivity contribution in [1.82, 2.24) is 0 Å². The summed E-state index contributed by atoms with van der Waals surface area (Å²) < 4.78 is 0. The van der Waals surface area contributed by atoms with E-state index in [2.05, 4.69) is 0 Å². The molecule has 0 spiro atoms. The second-order valence-corrected chi connectivity index (χ2v) is 2.37. The molecule has 0 aliphatic rings. The van der Waals surface area contributed by atoms with Crippen LogP contribution in [-0.2, 0) is 9.59 Å². The van der Waals surface area contributed by atoms with Crippen LogP contribution in [0.3, 0.4) is 0 Å². The van der Waals surface area contributed by atoms with E-state index in [1.54, 1.807) is 6.92 Å². The fourth-order valence-electron chi connectivity index (χ4n) is 0.714. The summed E-state index contributed by atoms with van der Waals surface area (Å²) in [4.78, 5) is 20.3. The number of carboxylic acids is 1. The maximum absolute atomic E-state index is 10.2. The maximum atomic E-state index is 10.2. The molecule has 0 saturated heterocycles. The summed E-state index contributed by atoms with van der Waals surface area (Å²) >= 11 is 0. The number of rotatable bonds is 4. The molecule has 4 nitrogen and oxygen atoms in total. The summed E-state index contributed by atoms with van der Waals surface area (Å²) in [6, 6.07) is 0. The van der Waals surface area contributed by atoms with Gasteiger partial charge in [-0.3, -0.25) is 9.59 Å². The van der Waals surface area contributed by atoms with Gasteiger partial charge in [0.1, 0.15) is 0 Å². The number of hydrogen-bond acceptors (Lipinski definition) is 2. The Morgan fingerprint density at radius 2 is 2.00 bits per heavy atom. The molecule has 0 aromatic rings. The van der Waals surface area contributed by atoms with E-state index in [0.717, 1.165) is 0 Å². The third kappa shape index (κ3) is 5.08. The van der Waals surface area contributed by atoms with Gasteiger partial charge in [0.2, 0.25) is 5.91 Å². The molecule has 0 radical (unpaired) electrons. The maximum Gasteiger partial charge on any atom is 0.303 e. The first-order chi connectivity index (χ1) is 4.52. The van der Waals surface area contributed by atoms with Gasteiger partial charge in [-0.2, -0.15) is 0 Å². The molecule has 0 rings (SSSR count). The van der Waals surface area contributed by atoms with E-state index < -0.39 is 11.9 Å². The Bertz CT molecular complexity index is 128. The highest BCUT2D eigenvalue weighted by Crippen LogP contribution is 2.05. The number of primary amides is 1. The lowest BCUT2D eigenvalue weighted by Gasteiger charge is -2.03. The average molecular weight is 145 g/mol. The quantitative estimate of drug-likeness (QED) is 0.583. The predicted molar refractivity (Wildman–Crippen MR) is 35.2 cm³/mol. The summed E-state index contributed by atoms with van der Waals surface area (Å²) in [5, 5.41) is 8.24. The van der Waals surface area contributed by atoms with Crippen LogP contribution < -0.4 is 5.73 Å². The second-order valence-electron chi connectivity index (χ2n) is 2.37. The van der Waals surface area contributed by atoms with Gasteiger partial charge < -0.3 is 10.8 Å². The highest BCUT2D eigenvalue weighted by atomic mass is 16.4. The lowest BCUT2D eigenvalue weighted by Crippen LogP contribution is -2.16. The Morgan fingerprint density at radius 3 is 2.30 bits per heavy atom. The minimum atomic E-state index is -0.895. The summed E-state index contributed by atoms with van der Waals surface area (Å²) in [7, 11) is 0. The highest BCUT2D eigenvalue weighted by molar-refractivity contribution is 5.75. The molecule has 1 amide bonds. The van der Waals surface area contributed by atoms with Gasteiger partial charge >= 0.3 is 5.97 Å². The minimum Gasteiger partial charge on any atom is -0.481 e. The average Bonchev–Trinajstić information content (AvgIpc) is 1.58. The fraction of sp³-hybridized carbons (Fsp3) is 0.667. The number of aliphatic carboxylic acids is 1. The molecule has 0 fully saturated rings. The number of carboxylic acid groups (broad SMARTS) is 1. The van der Waals surface area contributed by atoms with E-state index >= 15 is 0 Å². The van der Waals surface area contributed by atoms with Gasteiger partial charge in [0.05, 0.1) is 0 Å². The topological polar surface area (TPSA) is 80.4 Å². The van der Waals surface area contributed by atoms with Crippen molar-refractivity contribution in [2.45, 2.75) is 19.8 Å². The largest absolute Gasteiger partial charge is 0.481 e. The number of carbonyl (C=O) groups is 2. The Kier molecular flexibility index (Phi) is 3.46. The van der Waals surface area contributed by atoms with Gasteiger partial charge in [-0.1, -0.05) is 6.92 Å². The first-order valence-electron chi connectivity index (χ1n) is 3.02. The zero-order valence-corrected chi connectivity index (χ0v) is 5.83. The molecule has 0 heterocycles. The van der Waals surface area contributed by atoms with Crippen molar-refractivity contribution in [1.29, 1.82) is 0 Å². The fourth-order valence-corrected chi connectivity index (χ4v) is 0.714. The van der Waals surface area contributed by atoms with Crippen LogP contribution >= 0.6 is 0 Å². The van der Waals surface area contributed by atoms with E-state index in [1.165, 1.54) is 0 Å². The molecule has 0 bridgehead atoms. The van der Waals surface area contributed by atoms with Crippen molar-refractivity contribution in [3.63, 3.8) is 0 Å². The Hall–Kier alpha value is -1.06. The van der Waals surface area contributed by atoms with Crippen LogP contribution in [0.25, 0.3) is 0 Å². The summed E-state index contributed by atoms with van der Waals surface area (Å²) in [6.07, 6.45) is 0.148. The SMILES string of the molecule is CC(CC(N)=O)CC(=O)O. The van der Waals surface area contributed by atoms with Crippen molar-refractivity contribution >= 4 is 11.9 Å². The molecule has 1 atom stereocenters. The third-order valence-electron chi connectivity index (χ3n) is 1.07. The van der Waals surface area contributed by atoms with Crippen LogP contribution in [0.15, 0.2) is 0 Å².